The molecular weight excluding hydrogens is 258 g/mol. The maximum Gasteiger partial charge on any atom is 0.305 e. The number of amides is 1. The van der Waals surface area contributed by atoms with Gasteiger partial charge in [0.1, 0.15) is 0 Å². The molecule has 0 bridgehead atoms. The second-order valence-electron chi connectivity index (χ2n) is 5.44. The smallest absolute Gasteiger partial charge is 0.305 e. The third-order valence-electron chi connectivity index (χ3n) is 3.49. The van der Waals surface area contributed by atoms with E-state index in [1.165, 1.54) is 20.0 Å². The van der Waals surface area contributed by atoms with Crippen LogP contribution >= 0.6 is 0 Å². The van der Waals surface area contributed by atoms with Crippen molar-refractivity contribution in [3.8, 4) is 0 Å². The second-order valence-corrected chi connectivity index (χ2v) is 5.44. The summed E-state index contributed by atoms with van der Waals surface area (Å²) in [7, 11) is 3.35. The van der Waals surface area contributed by atoms with Gasteiger partial charge in [0.25, 0.3) is 0 Å². The number of hydrogen-bond acceptors (Lipinski definition) is 5. The highest BCUT2D eigenvalue weighted by atomic mass is 16.5. The fourth-order valence-corrected chi connectivity index (χ4v) is 2.45. The van der Waals surface area contributed by atoms with E-state index in [0.717, 1.165) is 19.6 Å². The number of likely N-dealkylation sites (N-methyl/N-ethyl adjacent to an activating group) is 1. The average molecular weight is 285 g/mol. The first-order valence-electron chi connectivity index (χ1n) is 7.34. The summed E-state index contributed by atoms with van der Waals surface area (Å²) in [5.41, 5.74) is 0. The largest absolute Gasteiger partial charge is 0.469 e. The Bertz CT molecular complexity index is 304. The van der Waals surface area contributed by atoms with Crippen LogP contribution in [0.1, 0.15) is 25.7 Å². The van der Waals surface area contributed by atoms with E-state index in [-0.39, 0.29) is 11.9 Å². The highest BCUT2D eigenvalue weighted by Gasteiger charge is 2.16. The molecule has 1 fully saturated rings. The van der Waals surface area contributed by atoms with Crippen molar-refractivity contribution in [2.75, 3.05) is 46.9 Å². The minimum absolute atomic E-state index is 0.0149. The third-order valence-corrected chi connectivity index (χ3v) is 3.49. The molecule has 0 aromatic carbocycles. The van der Waals surface area contributed by atoms with E-state index in [0.29, 0.717) is 31.8 Å². The first-order chi connectivity index (χ1) is 9.61. The predicted octanol–water partition coefficient (Wildman–Crippen LogP) is -0.0128. The van der Waals surface area contributed by atoms with Crippen LogP contribution in [0.15, 0.2) is 0 Å². The molecule has 1 unspecified atom stereocenters. The maximum absolute atomic E-state index is 11.7. The van der Waals surface area contributed by atoms with E-state index in [9.17, 15) is 9.59 Å². The van der Waals surface area contributed by atoms with Crippen molar-refractivity contribution in [2.24, 2.45) is 5.92 Å². The van der Waals surface area contributed by atoms with Gasteiger partial charge < -0.3 is 15.4 Å². The van der Waals surface area contributed by atoms with Crippen molar-refractivity contribution < 1.29 is 14.3 Å². The summed E-state index contributed by atoms with van der Waals surface area (Å²) in [6, 6.07) is 0. The van der Waals surface area contributed by atoms with Crippen LogP contribution in [-0.2, 0) is 14.3 Å². The molecular formula is C14H27N3O3. The maximum atomic E-state index is 11.7. The zero-order valence-electron chi connectivity index (χ0n) is 12.6. The Morgan fingerprint density at radius 3 is 2.90 bits per heavy atom. The van der Waals surface area contributed by atoms with Gasteiger partial charge in [-0.1, -0.05) is 0 Å². The number of piperidine rings is 1. The molecule has 0 aliphatic carbocycles. The number of esters is 1. The number of nitrogens with one attached hydrogen (secondary N) is 2. The van der Waals surface area contributed by atoms with Gasteiger partial charge in [-0.15, -0.1) is 0 Å². The summed E-state index contributed by atoms with van der Waals surface area (Å²) in [6.07, 6.45) is 3.42. The van der Waals surface area contributed by atoms with Gasteiger partial charge >= 0.3 is 5.97 Å². The summed E-state index contributed by atoms with van der Waals surface area (Å²) in [5, 5.41) is 6.21. The van der Waals surface area contributed by atoms with Crippen LogP contribution in [0.25, 0.3) is 0 Å². The van der Waals surface area contributed by atoms with Gasteiger partial charge in [0.15, 0.2) is 0 Å². The molecule has 116 valence electrons. The average Bonchev–Trinajstić information content (AvgIpc) is 2.44. The first kappa shape index (κ1) is 16.9. The van der Waals surface area contributed by atoms with Crippen molar-refractivity contribution in [1.82, 2.24) is 15.5 Å². The Kier molecular flexibility index (Phi) is 8.22. The van der Waals surface area contributed by atoms with Gasteiger partial charge in [-0.05, 0) is 45.3 Å². The normalized spacial score (nSPS) is 18.9. The molecule has 1 saturated heterocycles. The summed E-state index contributed by atoms with van der Waals surface area (Å²) in [4.78, 5) is 24.7. The highest BCUT2D eigenvalue weighted by Crippen LogP contribution is 2.10. The van der Waals surface area contributed by atoms with Gasteiger partial charge in [0.2, 0.25) is 5.91 Å². The zero-order chi connectivity index (χ0) is 14.8. The van der Waals surface area contributed by atoms with Gasteiger partial charge in [0.05, 0.1) is 13.7 Å². The number of rotatable bonds is 8. The molecule has 2 N–H and O–H groups in total. The molecule has 1 atom stereocenters. The Morgan fingerprint density at radius 2 is 2.25 bits per heavy atom. The van der Waals surface area contributed by atoms with Crippen LogP contribution in [0.5, 0.6) is 0 Å². The van der Waals surface area contributed by atoms with Crippen LogP contribution in [0.4, 0.5) is 0 Å². The van der Waals surface area contributed by atoms with Gasteiger partial charge in [0, 0.05) is 19.5 Å². The Hall–Kier alpha value is -1.14. The van der Waals surface area contributed by atoms with E-state index in [1.807, 2.05) is 7.05 Å². The van der Waals surface area contributed by atoms with E-state index >= 15 is 0 Å². The molecule has 1 aliphatic heterocycles. The van der Waals surface area contributed by atoms with Crippen molar-refractivity contribution in [1.29, 1.82) is 0 Å². The summed E-state index contributed by atoms with van der Waals surface area (Å²) >= 11 is 0. The SMILES string of the molecule is COC(=O)CCCNC(=O)CN(C)CC1CCCNC1. The zero-order valence-corrected chi connectivity index (χ0v) is 12.6. The van der Waals surface area contributed by atoms with E-state index in [4.69, 9.17) is 0 Å². The molecule has 0 spiro atoms. The molecule has 6 nitrogen and oxygen atoms in total. The van der Waals surface area contributed by atoms with Crippen molar-refractivity contribution in [3.63, 3.8) is 0 Å². The Labute approximate surface area is 121 Å². The monoisotopic (exact) mass is 285 g/mol. The second kappa shape index (κ2) is 9.72. The van der Waals surface area contributed by atoms with Gasteiger partial charge in [-0.2, -0.15) is 0 Å². The molecule has 0 aromatic heterocycles. The van der Waals surface area contributed by atoms with Crippen LogP contribution in [0.3, 0.4) is 0 Å². The Morgan fingerprint density at radius 1 is 1.45 bits per heavy atom. The molecule has 1 heterocycles. The lowest BCUT2D eigenvalue weighted by atomic mass is 9.99. The van der Waals surface area contributed by atoms with Crippen LogP contribution in [0.2, 0.25) is 0 Å². The first-order valence-corrected chi connectivity index (χ1v) is 7.34. The molecule has 0 saturated carbocycles. The molecule has 1 aliphatic rings. The molecule has 0 radical (unpaired) electrons. The lowest BCUT2D eigenvalue weighted by Crippen LogP contribution is -2.41. The molecule has 0 aromatic rings. The molecule has 1 amide bonds. The molecule has 1 rings (SSSR count). The third kappa shape index (κ3) is 7.45. The number of ether oxygens (including phenoxy) is 1. The minimum atomic E-state index is -0.235. The van der Waals surface area contributed by atoms with Crippen LogP contribution < -0.4 is 10.6 Å². The number of nitrogens with zero attached hydrogens (tertiary/aromatic N) is 1. The van der Waals surface area contributed by atoms with Crippen LogP contribution in [-0.4, -0.2) is 63.7 Å². The topological polar surface area (TPSA) is 70.7 Å². The minimum Gasteiger partial charge on any atom is -0.469 e. The number of carbonyl (C=O) groups is 2. The Balaban J connectivity index is 2.06. The fourth-order valence-electron chi connectivity index (χ4n) is 2.45. The summed E-state index contributed by atoms with van der Waals surface area (Å²) < 4.78 is 4.54. The fraction of sp³-hybridized carbons (Fsp3) is 0.857. The van der Waals surface area contributed by atoms with Crippen molar-refractivity contribution in [2.45, 2.75) is 25.7 Å². The number of methoxy groups -OCH3 is 1. The summed E-state index contributed by atoms with van der Waals surface area (Å²) in [6.45, 7) is 4.04. The quantitative estimate of drug-likeness (QED) is 0.485. The van der Waals surface area contributed by atoms with Crippen molar-refractivity contribution in [3.05, 3.63) is 0 Å². The molecule has 6 heteroatoms. The summed E-state index contributed by atoms with van der Waals surface area (Å²) in [5.74, 6) is 0.420. The lowest BCUT2D eigenvalue weighted by Gasteiger charge is -2.27. The number of carbonyl (C=O) groups excluding carboxylic acids is 2. The van der Waals surface area contributed by atoms with Gasteiger partial charge in [-0.3, -0.25) is 14.5 Å². The van der Waals surface area contributed by atoms with Crippen molar-refractivity contribution >= 4 is 11.9 Å². The predicted molar refractivity (Wildman–Crippen MR) is 77.4 cm³/mol. The highest BCUT2D eigenvalue weighted by molar-refractivity contribution is 5.78. The molecule has 20 heavy (non-hydrogen) atoms. The van der Waals surface area contributed by atoms with Gasteiger partial charge in [-0.25, -0.2) is 0 Å². The number of hydrogen-bond donors (Lipinski definition) is 2. The van der Waals surface area contributed by atoms with Crippen LogP contribution in [0, 0.1) is 5.92 Å². The lowest BCUT2D eigenvalue weighted by molar-refractivity contribution is -0.140. The van der Waals surface area contributed by atoms with E-state index in [2.05, 4.69) is 20.3 Å². The standard InChI is InChI=1S/C14H27N3O3/c1-17(10-12-5-3-7-15-9-12)11-13(18)16-8-4-6-14(19)20-2/h12,15H,3-11H2,1-2H3,(H,16,18). The van der Waals surface area contributed by atoms with E-state index < -0.39 is 0 Å². The van der Waals surface area contributed by atoms with E-state index in [1.54, 1.807) is 0 Å².